The summed E-state index contributed by atoms with van der Waals surface area (Å²) in [5, 5.41) is 1.55. The molecule has 0 atom stereocenters. The fourth-order valence-corrected chi connectivity index (χ4v) is 2.18. The summed E-state index contributed by atoms with van der Waals surface area (Å²) in [4.78, 5) is 5.38. The molecule has 1 aromatic heterocycles. The number of aromatic nitrogens is 1. The first kappa shape index (κ1) is 10.5. The van der Waals surface area contributed by atoms with E-state index in [4.69, 9.17) is 11.6 Å². The van der Waals surface area contributed by atoms with Gasteiger partial charge in [0.15, 0.2) is 0 Å². The van der Waals surface area contributed by atoms with E-state index in [1.165, 1.54) is 5.56 Å². The van der Waals surface area contributed by atoms with Gasteiger partial charge >= 0.3 is 0 Å². The third-order valence-electron chi connectivity index (χ3n) is 1.96. The van der Waals surface area contributed by atoms with E-state index in [-0.39, 0.29) is 0 Å². The highest BCUT2D eigenvalue weighted by Crippen LogP contribution is 2.30. The van der Waals surface area contributed by atoms with Gasteiger partial charge in [-0.15, -0.1) is 0 Å². The Hall–Kier alpha value is -0.990. The van der Waals surface area contributed by atoms with Crippen LogP contribution in [-0.4, -0.2) is 4.98 Å². The maximum absolute atomic E-state index is 6.02. The van der Waals surface area contributed by atoms with Crippen molar-refractivity contribution in [3.63, 3.8) is 0 Å². The zero-order valence-corrected chi connectivity index (χ0v) is 9.85. The first-order chi connectivity index (χ1) is 7.25. The average Bonchev–Trinajstić information content (AvgIpc) is 2.25. The van der Waals surface area contributed by atoms with Crippen molar-refractivity contribution < 1.29 is 0 Å². The molecule has 15 heavy (non-hydrogen) atoms. The molecule has 2 rings (SSSR count). The summed E-state index contributed by atoms with van der Waals surface area (Å²) in [6.07, 6.45) is 1.75. The number of pyridine rings is 1. The van der Waals surface area contributed by atoms with Gasteiger partial charge in [0.05, 0.1) is 5.02 Å². The zero-order chi connectivity index (χ0) is 10.7. The van der Waals surface area contributed by atoms with E-state index in [0.29, 0.717) is 5.02 Å². The van der Waals surface area contributed by atoms with Crippen molar-refractivity contribution in [2.75, 3.05) is 0 Å². The smallest absolute Gasteiger partial charge is 0.119 e. The molecule has 0 aliphatic carbocycles. The SMILES string of the molecule is Cc1ccc(Sc2ncccc2Cl)cc1. The van der Waals surface area contributed by atoms with Crippen LogP contribution in [-0.2, 0) is 0 Å². The maximum Gasteiger partial charge on any atom is 0.119 e. The second-order valence-electron chi connectivity index (χ2n) is 3.21. The molecule has 0 spiro atoms. The van der Waals surface area contributed by atoms with Gasteiger partial charge in [-0.25, -0.2) is 4.98 Å². The summed E-state index contributed by atoms with van der Waals surface area (Å²) in [6, 6.07) is 12.0. The van der Waals surface area contributed by atoms with Gasteiger partial charge < -0.3 is 0 Å². The molecule has 2 aromatic rings. The molecule has 0 amide bonds. The Morgan fingerprint density at radius 1 is 1.13 bits per heavy atom. The summed E-state index contributed by atoms with van der Waals surface area (Å²) >= 11 is 7.60. The summed E-state index contributed by atoms with van der Waals surface area (Å²) in [5.41, 5.74) is 1.26. The number of hydrogen-bond donors (Lipinski definition) is 0. The molecule has 3 heteroatoms. The number of hydrogen-bond acceptors (Lipinski definition) is 2. The molecule has 0 radical (unpaired) electrons. The van der Waals surface area contributed by atoms with E-state index in [2.05, 4.69) is 36.2 Å². The lowest BCUT2D eigenvalue weighted by Crippen LogP contribution is -1.80. The fourth-order valence-electron chi connectivity index (χ4n) is 1.16. The maximum atomic E-state index is 6.02. The predicted octanol–water partition coefficient (Wildman–Crippen LogP) is 4.19. The van der Waals surface area contributed by atoms with Crippen LogP contribution in [0.25, 0.3) is 0 Å². The third kappa shape index (κ3) is 2.74. The monoisotopic (exact) mass is 235 g/mol. The molecular formula is C12H10ClNS. The molecule has 0 bridgehead atoms. The van der Waals surface area contributed by atoms with E-state index in [1.807, 2.05) is 12.1 Å². The topological polar surface area (TPSA) is 12.9 Å². The van der Waals surface area contributed by atoms with Gasteiger partial charge in [-0.3, -0.25) is 0 Å². The van der Waals surface area contributed by atoms with Crippen molar-refractivity contribution in [2.24, 2.45) is 0 Å². The van der Waals surface area contributed by atoms with Crippen LogP contribution in [0.1, 0.15) is 5.56 Å². The van der Waals surface area contributed by atoms with Crippen molar-refractivity contribution in [1.82, 2.24) is 4.98 Å². The van der Waals surface area contributed by atoms with Crippen LogP contribution in [0.4, 0.5) is 0 Å². The minimum absolute atomic E-state index is 0.697. The van der Waals surface area contributed by atoms with Crippen molar-refractivity contribution in [3.8, 4) is 0 Å². The Kier molecular flexibility index (Phi) is 3.29. The van der Waals surface area contributed by atoms with Gasteiger partial charge in [0.25, 0.3) is 0 Å². The molecule has 1 heterocycles. The molecule has 76 valence electrons. The minimum Gasteiger partial charge on any atom is -0.248 e. The Morgan fingerprint density at radius 3 is 2.53 bits per heavy atom. The summed E-state index contributed by atoms with van der Waals surface area (Å²) < 4.78 is 0. The lowest BCUT2D eigenvalue weighted by atomic mass is 10.2. The molecule has 0 unspecified atom stereocenters. The number of aryl methyl sites for hydroxylation is 1. The van der Waals surface area contributed by atoms with Crippen molar-refractivity contribution >= 4 is 23.4 Å². The first-order valence-electron chi connectivity index (χ1n) is 4.61. The third-order valence-corrected chi connectivity index (χ3v) is 3.40. The molecule has 0 aliphatic heterocycles. The van der Waals surface area contributed by atoms with Crippen LogP contribution in [0, 0.1) is 6.92 Å². The van der Waals surface area contributed by atoms with Crippen LogP contribution in [0.3, 0.4) is 0 Å². The minimum atomic E-state index is 0.697. The average molecular weight is 236 g/mol. The van der Waals surface area contributed by atoms with Gasteiger partial charge in [-0.1, -0.05) is 41.1 Å². The molecule has 1 aromatic carbocycles. The summed E-state index contributed by atoms with van der Waals surface area (Å²) in [7, 11) is 0. The molecule has 0 fully saturated rings. The lowest BCUT2D eigenvalue weighted by molar-refractivity contribution is 1.13. The van der Waals surface area contributed by atoms with Crippen LogP contribution in [0.5, 0.6) is 0 Å². The molecule has 0 saturated carbocycles. The molecule has 0 aliphatic rings. The van der Waals surface area contributed by atoms with Crippen LogP contribution in [0.15, 0.2) is 52.5 Å². The standard InChI is InChI=1S/C12H10ClNS/c1-9-4-6-10(7-5-9)15-12-11(13)3-2-8-14-12/h2-8H,1H3. The second kappa shape index (κ2) is 4.69. The van der Waals surface area contributed by atoms with Gasteiger partial charge in [0.1, 0.15) is 5.03 Å². The van der Waals surface area contributed by atoms with Crippen molar-refractivity contribution in [1.29, 1.82) is 0 Å². The van der Waals surface area contributed by atoms with E-state index in [1.54, 1.807) is 18.0 Å². The molecular weight excluding hydrogens is 226 g/mol. The first-order valence-corrected chi connectivity index (χ1v) is 5.80. The molecule has 1 nitrogen and oxygen atoms in total. The van der Waals surface area contributed by atoms with Crippen LogP contribution < -0.4 is 0 Å². The number of rotatable bonds is 2. The normalized spacial score (nSPS) is 10.3. The number of halogens is 1. The van der Waals surface area contributed by atoms with E-state index in [0.717, 1.165) is 9.92 Å². The predicted molar refractivity (Wildman–Crippen MR) is 64.5 cm³/mol. The van der Waals surface area contributed by atoms with Crippen LogP contribution >= 0.6 is 23.4 Å². The Balaban J connectivity index is 2.22. The molecule has 0 saturated heterocycles. The molecule has 0 N–H and O–H groups in total. The highest BCUT2D eigenvalue weighted by molar-refractivity contribution is 7.99. The van der Waals surface area contributed by atoms with E-state index < -0.39 is 0 Å². The highest BCUT2D eigenvalue weighted by atomic mass is 35.5. The largest absolute Gasteiger partial charge is 0.248 e. The lowest BCUT2D eigenvalue weighted by Gasteiger charge is -2.02. The second-order valence-corrected chi connectivity index (χ2v) is 4.67. The quantitative estimate of drug-likeness (QED) is 0.774. The van der Waals surface area contributed by atoms with Gasteiger partial charge in [0.2, 0.25) is 0 Å². The Labute approximate surface area is 98.5 Å². The highest BCUT2D eigenvalue weighted by Gasteiger charge is 2.02. The summed E-state index contributed by atoms with van der Waals surface area (Å²) in [5.74, 6) is 0. The Bertz CT molecular complexity index is 453. The zero-order valence-electron chi connectivity index (χ0n) is 8.27. The van der Waals surface area contributed by atoms with Crippen molar-refractivity contribution in [3.05, 3.63) is 53.2 Å². The van der Waals surface area contributed by atoms with Gasteiger partial charge in [0, 0.05) is 11.1 Å². The fraction of sp³-hybridized carbons (Fsp3) is 0.0833. The van der Waals surface area contributed by atoms with Crippen molar-refractivity contribution in [2.45, 2.75) is 16.8 Å². The summed E-state index contributed by atoms with van der Waals surface area (Å²) in [6.45, 7) is 2.07. The Morgan fingerprint density at radius 2 is 1.87 bits per heavy atom. The van der Waals surface area contributed by atoms with Crippen LogP contribution in [0.2, 0.25) is 5.02 Å². The van der Waals surface area contributed by atoms with Gasteiger partial charge in [-0.05, 0) is 31.2 Å². The number of nitrogens with zero attached hydrogens (tertiary/aromatic N) is 1. The van der Waals surface area contributed by atoms with E-state index >= 15 is 0 Å². The van der Waals surface area contributed by atoms with E-state index in [9.17, 15) is 0 Å². The number of benzene rings is 1. The van der Waals surface area contributed by atoms with Gasteiger partial charge in [-0.2, -0.15) is 0 Å².